The molecule has 0 aliphatic carbocycles. The molecule has 1 aromatic heterocycles. The van der Waals surface area contributed by atoms with Crippen LogP contribution in [0.4, 0.5) is 10.3 Å². The van der Waals surface area contributed by atoms with Crippen LogP contribution in [-0.2, 0) is 0 Å². The second-order valence-corrected chi connectivity index (χ2v) is 6.87. The highest BCUT2D eigenvalue weighted by Crippen LogP contribution is 2.30. The Morgan fingerprint density at radius 1 is 0.967 bits per heavy atom. The molecular formula is C22H23FN4O3. The summed E-state index contributed by atoms with van der Waals surface area (Å²) in [6, 6.07) is 11.9. The molecule has 7 nitrogen and oxygen atoms in total. The van der Waals surface area contributed by atoms with Crippen molar-refractivity contribution >= 4 is 11.9 Å². The number of ether oxygens (including phenoxy) is 2. The zero-order valence-electron chi connectivity index (χ0n) is 16.9. The second kappa shape index (κ2) is 8.44. The maximum atomic E-state index is 14.3. The molecule has 8 heteroatoms. The fourth-order valence-corrected chi connectivity index (χ4v) is 3.69. The van der Waals surface area contributed by atoms with Gasteiger partial charge in [0.15, 0.2) is 0 Å². The molecule has 4 rings (SSSR count). The van der Waals surface area contributed by atoms with Crippen molar-refractivity contribution in [3.8, 4) is 17.2 Å². The van der Waals surface area contributed by atoms with Gasteiger partial charge in [0, 0.05) is 38.6 Å². The number of benzene rings is 2. The minimum Gasteiger partial charge on any atom is -0.496 e. The molecule has 3 aromatic rings. The van der Waals surface area contributed by atoms with Crippen molar-refractivity contribution in [2.45, 2.75) is 0 Å². The standard InChI is InChI=1S/C22H23FN4O3/c1-29-18-8-5-9-19(30-2)20(18)21(28)25-12-14-26(15-13-25)22-24-10-11-27(22)17-7-4-3-6-16(17)23/h3-11H,12-15H2,1-2H3. The number of carbonyl (C=O) groups is 1. The molecule has 1 aliphatic rings. The highest BCUT2D eigenvalue weighted by molar-refractivity contribution is 5.99. The molecule has 0 spiro atoms. The molecule has 1 fully saturated rings. The van der Waals surface area contributed by atoms with E-state index in [1.807, 2.05) is 0 Å². The first-order chi connectivity index (χ1) is 14.6. The average Bonchev–Trinajstić information content (AvgIpc) is 3.28. The number of nitrogens with zero attached hydrogens (tertiary/aromatic N) is 4. The van der Waals surface area contributed by atoms with Gasteiger partial charge < -0.3 is 19.3 Å². The number of piperazine rings is 1. The Kier molecular flexibility index (Phi) is 5.56. The fourth-order valence-electron chi connectivity index (χ4n) is 3.69. The van der Waals surface area contributed by atoms with E-state index in [9.17, 15) is 9.18 Å². The number of halogens is 1. The Morgan fingerprint density at radius 3 is 2.27 bits per heavy atom. The van der Waals surface area contributed by atoms with Crippen LogP contribution in [0.5, 0.6) is 11.5 Å². The Hall–Kier alpha value is -3.55. The normalized spacial score (nSPS) is 14.0. The van der Waals surface area contributed by atoms with Gasteiger partial charge in [-0.15, -0.1) is 0 Å². The molecule has 0 radical (unpaired) electrons. The monoisotopic (exact) mass is 410 g/mol. The molecular weight excluding hydrogens is 387 g/mol. The summed E-state index contributed by atoms with van der Waals surface area (Å²) in [6.07, 6.45) is 3.39. The summed E-state index contributed by atoms with van der Waals surface area (Å²) in [4.78, 5) is 21.4. The fraction of sp³-hybridized carbons (Fsp3) is 0.273. The van der Waals surface area contributed by atoms with Crippen LogP contribution in [0.1, 0.15) is 10.4 Å². The topological polar surface area (TPSA) is 59.8 Å². The zero-order chi connectivity index (χ0) is 21.1. The number of methoxy groups -OCH3 is 2. The van der Waals surface area contributed by atoms with Gasteiger partial charge in [-0.05, 0) is 24.3 Å². The molecule has 156 valence electrons. The number of hydrogen-bond donors (Lipinski definition) is 0. The molecule has 1 amide bonds. The van der Waals surface area contributed by atoms with Crippen molar-refractivity contribution in [3.05, 3.63) is 66.2 Å². The van der Waals surface area contributed by atoms with E-state index in [0.29, 0.717) is 54.9 Å². The van der Waals surface area contributed by atoms with Crippen molar-refractivity contribution in [1.29, 1.82) is 0 Å². The third kappa shape index (κ3) is 3.56. The summed E-state index contributed by atoms with van der Waals surface area (Å²) in [5, 5.41) is 0. The van der Waals surface area contributed by atoms with Gasteiger partial charge in [-0.1, -0.05) is 18.2 Å². The summed E-state index contributed by atoms with van der Waals surface area (Å²) in [7, 11) is 3.07. The number of hydrogen-bond acceptors (Lipinski definition) is 5. The van der Waals surface area contributed by atoms with E-state index >= 15 is 0 Å². The smallest absolute Gasteiger partial charge is 0.261 e. The summed E-state index contributed by atoms with van der Waals surface area (Å²) >= 11 is 0. The van der Waals surface area contributed by atoms with Crippen LogP contribution in [0.25, 0.3) is 5.69 Å². The van der Waals surface area contributed by atoms with Crippen LogP contribution in [0, 0.1) is 5.82 Å². The zero-order valence-corrected chi connectivity index (χ0v) is 16.9. The van der Waals surface area contributed by atoms with Gasteiger partial charge >= 0.3 is 0 Å². The number of aromatic nitrogens is 2. The number of carbonyl (C=O) groups excluding carboxylic acids is 1. The summed E-state index contributed by atoms with van der Waals surface area (Å²) < 4.78 is 26.7. The minimum absolute atomic E-state index is 0.138. The van der Waals surface area contributed by atoms with Crippen LogP contribution in [0.2, 0.25) is 0 Å². The molecule has 1 aliphatic heterocycles. The van der Waals surface area contributed by atoms with Gasteiger partial charge in [0.05, 0.1) is 19.9 Å². The van der Waals surface area contributed by atoms with Crippen molar-refractivity contribution in [1.82, 2.24) is 14.5 Å². The van der Waals surface area contributed by atoms with Crippen LogP contribution < -0.4 is 14.4 Å². The van der Waals surface area contributed by atoms with Crippen molar-refractivity contribution in [3.63, 3.8) is 0 Å². The van der Waals surface area contributed by atoms with Crippen LogP contribution in [0.3, 0.4) is 0 Å². The highest BCUT2D eigenvalue weighted by Gasteiger charge is 2.28. The second-order valence-electron chi connectivity index (χ2n) is 6.87. The predicted octanol–water partition coefficient (Wildman–Crippen LogP) is 2.99. The molecule has 0 saturated carbocycles. The lowest BCUT2D eigenvalue weighted by atomic mass is 10.1. The Balaban J connectivity index is 1.52. The lowest BCUT2D eigenvalue weighted by molar-refractivity contribution is 0.0739. The van der Waals surface area contributed by atoms with E-state index in [0.717, 1.165) is 0 Å². The lowest BCUT2D eigenvalue weighted by Gasteiger charge is -2.35. The van der Waals surface area contributed by atoms with E-state index < -0.39 is 0 Å². The predicted molar refractivity (Wildman–Crippen MR) is 111 cm³/mol. The number of imidazole rings is 1. The van der Waals surface area contributed by atoms with Crippen LogP contribution >= 0.6 is 0 Å². The highest BCUT2D eigenvalue weighted by atomic mass is 19.1. The van der Waals surface area contributed by atoms with Gasteiger partial charge in [-0.2, -0.15) is 0 Å². The maximum Gasteiger partial charge on any atom is 0.261 e. The summed E-state index contributed by atoms with van der Waals surface area (Å²) in [5.41, 5.74) is 0.867. The minimum atomic E-state index is -0.311. The Labute approximate surface area is 174 Å². The number of para-hydroxylation sites is 1. The van der Waals surface area contributed by atoms with Gasteiger partial charge in [-0.3, -0.25) is 9.36 Å². The molecule has 2 heterocycles. The van der Waals surface area contributed by atoms with Crippen molar-refractivity contribution < 1.29 is 18.7 Å². The first-order valence-electron chi connectivity index (χ1n) is 9.67. The molecule has 0 N–H and O–H groups in total. The third-order valence-corrected chi connectivity index (χ3v) is 5.22. The van der Waals surface area contributed by atoms with E-state index in [2.05, 4.69) is 9.88 Å². The summed E-state index contributed by atoms with van der Waals surface area (Å²) in [5.74, 6) is 1.17. The van der Waals surface area contributed by atoms with Gasteiger partial charge in [0.1, 0.15) is 22.9 Å². The Bertz CT molecular complexity index is 1020. The molecule has 0 atom stereocenters. The number of amides is 1. The van der Waals surface area contributed by atoms with Crippen LogP contribution in [0.15, 0.2) is 54.9 Å². The first kappa shape index (κ1) is 19.8. The van der Waals surface area contributed by atoms with Crippen molar-refractivity contribution in [2.24, 2.45) is 0 Å². The maximum absolute atomic E-state index is 14.3. The van der Waals surface area contributed by atoms with E-state index in [-0.39, 0.29) is 11.7 Å². The molecule has 0 unspecified atom stereocenters. The van der Waals surface area contributed by atoms with Gasteiger partial charge in [0.2, 0.25) is 5.95 Å². The molecule has 1 saturated heterocycles. The number of anilines is 1. The average molecular weight is 410 g/mol. The Morgan fingerprint density at radius 2 is 1.63 bits per heavy atom. The summed E-state index contributed by atoms with van der Waals surface area (Å²) in [6.45, 7) is 2.16. The van der Waals surface area contributed by atoms with Crippen molar-refractivity contribution in [2.75, 3.05) is 45.3 Å². The number of rotatable bonds is 5. The lowest BCUT2D eigenvalue weighted by Crippen LogP contribution is -2.49. The quantitative estimate of drug-likeness (QED) is 0.647. The van der Waals surface area contributed by atoms with Crippen LogP contribution in [-0.4, -0.2) is 60.8 Å². The van der Waals surface area contributed by atoms with E-state index in [1.165, 1.54) is 20.3 Å². The molecule has 2 aromatic carbocycles. The molecule has 30 heavy (non-hydrogen) atoms. The van der Waals surface area contributed by atoms with Gasteiger partial charge in [-0.25, -0.2) is 9.37 Å². The molecule has 0 bridgehead atoms. The largest absolute Gasteiger partial charge is 0.496 e. The van der Waals surface area contributed by atoms with E-state index in [1.54, 1.807) is 58.3 Å². The first-order valence-corrected chi connectivity index (χ1v) is 9.67. The third-order valence-electron chi connectivity index (χ3n) is 5.22. The van der Waals surface area contributed by atoms with Gasteiger partial charge in [0.25, 0.3) is 5.91 Å². The SMILES string of the molecule is COc1cccc(OC)c1C(=O)N1CCN(c2nccn2-c2ccccc2F)CC1. The van der Waals surface area contributed by atoms with E-state index in [4.69, 9.17) is 9.47 Å².